The summed E-state index contributed by atoms with van der Waals surface area (Å²) in [5.74, 6) is 0.780. The predicted octanol–water partition coefficient (Wildman–Crippen LogP) is 2.14. The Hall–Kier alpha value is -3.28. The van der Waals surface area contributed by atoms with Crippen molar-refractivity contribution in [2.24, 2.45) is 0 Å². The van der Waals surface area contributed by atoms with Crippen LogP contribution in [0.5, 0.6) is 0 Å². The van der Waals surface area contributed by atoms with E-state index in [0.717, 1.165) is 41.7 Å². The molecule has 0 amide bonds. The molecule has 2 aromatic heterocycles. The number of piperidine rings is 1. The van der Waals surface area contributed by atoms with E-state index in [1.165, 1.54) is 0 Å². The molecule has 3 aromatic rings. The third kappa shape index (κ3) is 4.17. The summed E-state index contributed by atoms with van der Waals surface area (Å²) in [6.45, 7) is 5.99. The SMILES string of the molecule is Cc1cc(C)c2c(N)nc(N[C@@H]3CCN(Cc4ccc(C#N)cc4)C[C@@H]3O)nc2n1. The van der Waals surface area contributed by atoms with E-state index in [4.69, 9.17) is 11.0 Å². The molecule has 4 N–H and O–H groups in total. The molecular formula is C22H25N7O. The Balaban J connectivity index is 1.43. The summed E-state index contributed by atoms with van der Waals surface area (Å²) >= 11 is 0. The van der Waals surface area contributed by atoms with Gasteiger partial charge < -0.3 is 16.2 Å². The molecule has 1 fully saturated rings. The van der Waals surface area contributed by atoms with Crippen molar-refractivity contribution in [3.8, 4) is 6.07 Å². The number of nitrogen functional groups attached to an aromatic ring is 1. The first kappa shape index (κ1) is 20.0. The summed E-state index contributed by atoms with van der Waals surface area (Å²) in [7, 11) is 0. The number of nitrogens with two attached hydrogens (primary N) is 1. The van der Waals surface area contributed by atoms with Crippen molar-refractivity contribution < 1.29 is 5.11 Å². The van der Waals surface area contributed by atoms with Gasteiger partial charge >= 0.3 is 0 Å². The molecule has 1 aliphatic heterocycles. The van der Waals surface area contributed by atoms with Crippen LogP contribution in [0, 0.1) is 25.2 Å². The highest BCUT2D eigenvalue weighted by Crippen LogP contribution is 2.24. The van der Waals surface area contributed by atoms with Gasteiger partial charge in [0.05, 0.1) is 29.2 Å². The standard InChI is InChI=1S/C22H25N7O/c1-13-9-14(2)25-21-19(13)20(24)27-22(28-21)26-17-7-8-29(12-18(17)30)11-16-5-3-15(10-23)4-6-16/h3-6,9,17-18,30H,7-8,11-12H2,1-2H3,(H3,24,25,26,27,28)/t17-,18+/m1/s1. The van der Waals surface area contributed by atoms with Crippen LogP contribution in [0.2, 0.25) is 0 Å². The van der Waals surface area contributed by atoms with Crippen LogP contribution in [0.15, 0.2) is 30.3 Å². The maximum absolute atomic E-state index is 10.7. The molecular weight excluding hydrogens is 378 g/mol. The zero-order chi connectivity index (χ0) is 21.3. The minimum Gasteiger partial charge on any atom is -0.390 e. The lowest BCUT2D eigenvalue weighted by molar-refractivity contribution is 0.0559. The van der Waals surface area contributed by atoms with Crippen LogP contribution in [0.25, 0.3) is 11.0 Å². The summed E-state index contributed by atoms with van der Waals surface area (Å²) < 4.78 is 0. The van der Waals surface area contributed by atoms with Crippen molar-refractivity contribution in [2.45, 2.75) is 39.0 Å². The number of nitrogens with one attached hydrogen (secondary N) is 1. The lowest BCUT2D eigenvalue weighted by atomic mass is 10.0. The van der Waals surface area contributed by atoms with Gasteiger partial charge in [-0.05, 0) is 49.6 Å². The molecule has 8 nitrogen and oxygen atoms in total. The number of hydrogen-bond acceptors (Lipinski definition) is 8. The summed E-state index contributed by atoms with van der Waals surface area (Å²) in [5.41, 5.74) is 10.4. The highest BCUT2D eigenvalue weighted by atomic mass is 16.3. The molecule has 1 aliphatic rings. The normalized spacial score (nSPS) is 19.5. The molecule has 154 valence electrons. The van der Waals surface area contributed by atoms with Gasteiger partial charge in [-0.1, -0.05) is 12.1 Å². The van der Waals surface area contributed by atoms with E-state index in [1.54, 1.807) is 0 Å². The number of anilines is 2. The highest BCUT2D eigenvalue weighted by molar-refractivity contribution is 5.89. The topological polar surface area (TPSA) is 124 Å². The number of benzene rings is 1. The van der Waals surface area contributed by atoms with Gasteiger partial charge in [0.15, 0.2) is 5.65 Å². The lowest BCUT2D eigenvalue weighted by Crippen LogP contribution is -2.49. The number of aromatic nitrogens is 3. The van der Waals surface area contributed by atoms with Crippen LogP contribution in [0.3, 0.4) is 0 Å². The number of aliphatic hydroxyl groups is 1. The molecule has 0 radical (unpaired) electrons. The molecule has 2 atom stereocenters. The number of nitrogens with zero attached hydrogens (tertiary/aromatic N) is 5. The molecule has 0 spiro atoms. The van der Waals surface area contributed by atoms with E-state index in [9.17, 15) is 5.11 Å². The second-order valence-corrected chi connectivity index (χ2v) is 7.86. The van der Waals surface area contributed by atoms with Gasteiger partial charge in [-0.3, -0.25) is 4.90 Å². The smallest absolute Gasteiger partial charge is 0.227 e. The van der Waals surface area contributed by atoms with E-state index in [1.807, 2.05) is 44.2 Å². The van der Waals surface area contributed by atoms with E-state index in [2.05, 4.69) is 31.2 Å². The lowest BCUT2D eigenvalue weighted by Gasteiger charge is -2.36. The van der Waals surface area contributed by atoms with Gasteiger partial charge in [0.25, 0.3) is 0 Å². The van der Waals surface area contributed by atoms with Crippen LogP contribution in [-0.2, 0) is 6.54 Å². The predicted molar refractivity (Wildman–Crippen MR) is 116 cm³/mol. The van der Waals surface area contributed by atoms with E-state index in [-0.39, 0.29) is 6.04 Å². The molecule has 3 heterocycles. The third-order valence-electron chi connectivity index (χ3n) is 5.49. The van der Waals surface area contributed by atoms with Gasteiger partial charge in [0.2, 0.25) is 5.95 Å². The monoisotopic (exact) mass is 403 g/mol. The van der Waals surface area contributed by atoms with Crippen molar-refractivity contribution in [2.75, 3.05) is 24.1 Å². The number of pyridine rings is 1. The quantitative estimate of drug-likeness (QED) is 0.605. The van der Waals surface area contributed by atoms with Crippen LogP contribution in [0.4, 0.5) is 11.8 Å². The summed E-state index contributed by atoms with van der Waals surface area (Å²) in [6, 6.07) is 11.5. The second kappa shape index (κ2) is 8.22. The number of aliphatic hydroxyl groups excluding tert-OH is 1. The molecule has 0 saturated carbocycles. The van der Waals surface area contributed by atoms with E-state index in [0.29, 0.717) is 29.5 Å². The zero-order valence-electron chi connectivity index (χ0n) is 17.1. The average molecular weight is 403 g/mol. The minimum atomic E-state index is -0.565. The number of rotatable bonds is 4. The summed E-state index contributed by atoms with van der Waals surface area (Å²) in [5, 5.41) is 23.6. The first-order chi connectivity index (χ1) is 14.4. The van der Waals surface area contributed by atoms with Crippen LogP contribution in [-0.4, -0.2) is 50.2 Å². The Morgan fingerprint density at radius 2 is 2.00 bits per heavy atom. The Labute approximate surface area is 175 Å². The third-order valence-corrected chi connectivity index (χ3v) is 5.49. The number of fused-ring (bicyclic) bond motifs is 1. The van der Waals surface area contributed by atoms with Gasteiger partial charge in [0.1, 0.15) is 5.82 Å². The van der Waals surface area contributed by atoms with E-state index >= 15 is 0 Å². The Morgan fingerprint density at radius 3 is 2.70 bits per heavy atom. The number of nitriles is 1. The number of β-amino-alcohol motifs (C(OH)–C–C–N with tert-alkyl or cyclic N) is 1. The maximum Gasteiger partial charge on any atom is 0.227 e. The van der Waals surface area contributed by atoms with Gasteiger partial charge in [-0.15, -0.1) is 0 Å². The van der Waals surface area contributed by atoms with Crippen LogP contribution < -0.4 is 11.1 Å². The Bertz CT molecular complexity index is 1110. The first-order valence-electron chi connectivity index (χ1n) is 10.0. The number of hydrogen-bond donors (Lipinski definition) is 3. The fourth-order valence-electron chi connectivity index (χ4n) is 3.99. The second-order valence-electron chi connectivity index (χ2n) is 7.86. The van der Waals surface area contributed by atoms with Gasteiger partial charge in [0, 0.05) is 25.3 Å². The van der Waals surface area contributed by atoms with Gasteiger partial charge in [-0.2, -0.15) is 15.2 Å². The molecule has 0 unspecified atom stereocenters. The fourth-order valence-corrected chi connectivity index (χ4v) is 3.99. The van der Waals surface area contributed by atoms with Crippen molar-refractivity contribution in [3.63, 3.8) is 0 Å². The minimum absolute atomic E-state index is 0.162. The first-order valence-corrected chi connectivity index (χ1v) is 10.0. The molecule has 0 aliphatic carbocycles. The zero-order valence-corrected chi connectivity index (χ0v) is 17.1. The summed E-state index contributed by atoms with van der Waals surface area (Å²) in [6.07, 6.45) is 0.184. The molecule has 30 heavy (non-hydrogen) atoms. The Kier molecular flexibility index (Phi) is 5.48. The van der Waals surface area contributed by atoms with Gasteiger partial charge in [-0.25, -0.2) is 4.98 Å². The molecule has 1 aromatic carbocycles. The average Bonchev–Trinajstić information content (AvgIpc) is 2.70. The number of aryl methyl sites for hydroxylation is 2. The van der Waals surface area contributed by atoms with Crippen LogP contribution >= 0.6 is 0 Å². The molecule has 0 bridgehead atoms. The maximum atomic E-state index is 10.7. The largest absolute Gasteiger partial charge is 0.390 e. The van der Waals surface area contributed by atoms with Crippen molar-refractivity contribution >= 4 is 22.8 Å². The molecule has 1 saturated heterocycles. The van der Waals surface area contributed by atoms with Crippen LogP contribution in [0.1, 0.15) is 28.8 Å². The highest BCUT2D eigenvalue weighted by Gasteiger charge is 2.28. The Morgan fingerprint density at radius 1 is 1.23 bits per heavy atom. The molecule has 4 rings (SSSR count). The number of likely N-dealkylation sites (tertiary alicyclic amines) is 1. The fraction of sp³-hybridized carbons (Fsp3) is 0.364. The van der Waals surface area contributed by atoms with E-state index < -0.39 is 6.10 Å². The van der Waals surface area contributed by atoms with Crippen molar-refractivity contribution in [3.05, 3.63) is 52.7 Å². The molecule has 8 heteroatoms. The van der Waals surface area contributed by atoms with Crippen molar-refractivity contribution in [1.82, 2.24) is 19.9 Å². The summed E-state index contributed by atoms with van der Waals surface area (Å²) in [4.78, 5) is 15.6. The van der Waals surface area contributed by atoms with Crippen molar-refractivity contribution in [1.29, 1.82) is 5.26 Å².